The maximum absolute atomic E-state index is 12.9. The quantitative estimate of drug-likeness (QED) is 0.645. The number of nitrogens with zero attached hydrogens (tertiary/aromatic N) is 3. The number of hydrogen-bond donors (Lipinski definition) is 0. The van der Waals surface area contributed by atoms with Crippen molar-refractivity contribution in [3.8, 4) is 5.75 Å². The molecule has 6 heteroatoms. The maximum Gasteiger partial charge on any atom is 0.276 e. The van der Waals surface area contributed by atoms with Crippen LogP contribution in [0.2, 0.25) is 0 Å². The Hall–Kier alpha value is -3.12. The number of aromatic nitrogens is 1. The van der Waals surface area contributed by atoms with Gasteiger partial charge in [0.1, 0.15) is 12.4 Å². The third kappa shape index (κ3) is 4.84. The molecule has 1 aromatic heterocycles. The number of rotatable bonds is 6. The molecule has 6 nitrogen and oxygen atoms in total. The van der Waals surface area contributed by atoms with Crippen molar-refractivity contribution in [3.05, 3.63) is 83.2 Å². The van der Waals surface area contributed by atoms with E-state index in [0.717, 1.165) is 24.3 Å². The molecule has 2 heterocycles. The Morgan fingerprint density at radius 1 is 1.14 bits per heavy atom. The highest BCUT2D eigenvalue weighted by Crippen LogP contribution is 2.23. The summed E-state index contributed by atoms with van der Waals surface area (Å²) >= 11 is 0. The van der Waals surface area contributed by atoms with E-state index in [4.69, 9.17) is 9.26 Å². The summed E-state index contributed by atoms with van der Waals surface area (Å²) in [6, 6.07) is 19.9. The fourth-order valence-corrected chi connectivity index (χ4v) is 3.46. The van der Waals surface area contributed by atoms with Crippen LogP contribution in [0.15, 0.2) is 65.2 Å². The van der Waals surface area contributed by atoms with E-state index in [-0.39, 0.29) is 5.91 Å². The first-order valence-electron chi connectivity index (χ1n) is 9.87. The van der Waals surface area contributed by atoms with Gasteiger partial charge in [0.2, 0.25) is 0 Å². The zero-order valence-corrected chi connectivity index (χ0v) is 16.6. The zero-order chi connectivity index (χ0) is 20.1. The summed E-state index contributed by atoms with van der Waals surface area (Å²) in [5.41, 5.74) is 2.65. The molecule has 0 saturated heterocycles. The average Bonchev–Trinajstić information content (AvgIpc) is 3.10. The number of para-hydroxylation sites is 1. The molecule has 29 heavy (non-hydrogen) atoms. The Bertz CT molecular complexity index is 955. The van der Waals surface area contributed by atoms with Crippen LogP contribution in [0.3, 0.4) is 0 Å². The molecule has 0 saturated carbocycles. The first kappa shape index (κ1) is 19.2. The molecule has 1 amide bonds. The van der Waals surface area contributed by atoms with Crippen molar-refractivity contribution in [2.45, 2.75) is 19.5 Å². The summed E-state index contributed by atoms with van der Waals surface area (Å²) in [4.78, 5) is 16.8. The van der Waals surface area contributed by atoms with Crippen LogP contribution in [0.25, 0.3) is 0 Å². The van der Waals surface area contributed by atoms with Gasteiger partial charge in [0.25, 0.3) is 5.91 Å². The third-order valence-electron chi connectivity index (χ3n) is 5.07. The molecule has 2 aromatic carbocycles. The van der Waals surface area contributed by atoms with Gasteiger partial charge in [-0.15, -0.1) is 0 Å². The number of benzene rings is 2. The molecule has 1 aliphatic heterocycles. The Morgan fingerprint density at radius 2 is 1.93 bits per heavy atom. The van der Waals surface area contributed by atoms with Crippen LogP contribution in [0.1, 0.15) is 27.4 Å². The lowest BCUT2D eigenvalue weighted by atomic mass is 10.1. The number of carbonyl (C=O) groups is 1. The van der Waals surface area contributed by atoms with E-state index in [0.29, 0.717) is 37.7 Å². The van der Waals surface area contributed by atoms with Gasteiger partial charge in [-0.25, -0.2) is 0 Å². The normalized spacial score (nSPS) is 13.7. The van der Waals surface area contributed by atoms with Gasteiger partial charge in [-0.3, -0.25) is 9.69 Å². The number of amides is 1. The average molecular weight is 391 g/mol. The first-order chi connectivity index (χ1) is 14.2. The van der Waals surface area contributed by atoms with Crippen molar-refractivity contribution in [3.63, 3.8) is 0 Å². The van der Waals surface area contributed by atoms with Crippen LogP contribution in [0.5, 0.6) is 5.75 Å². The Labute approximate surface area is 170 Å². The van der Waals surface area contributed by atoms with Gasteiger partial charge in [0.05, 0.1) is 13.1 Å². The molecule has 0 bridgehead atoms. The number of carbonyl (C=O) groups excluding carboxylic acids is 1. The molecule has 4 rings (SSSR count). The van der Waals surface area contributed by atoms with E-state index in [2.05, 4.69) is 34.3 Å². The van der Waals surface area contributed by atoms with Crippen molar-refractivity contribution in [1.82, 2.24) is 15.0 Å². The van der Waals surface area contributed by atoms with Crippen molar-refractivity contribution < 1.29 is 14.1 Å². The zero-order valence-electron chi connectivity index (χ0n) is 16.6. The van der Waals surface area contributed by atoms with Crippen LogP contribution in [0, 0.1) is 0 Å². The van der Waals surface area contributed by atoms with Crippen molar-refractivity contribution in [1.29, 1.82) is 0 Å². The minimum Gasteiger partial charge on any atom is -0.491 e. The molecule has 0 radical (unpaired) electrons. The molecule has 0 fully saturated rings. The molecular weight excluding hydrogens is 366 g/mol. The van der Waals surface area contributed by atoms with E-state index in [1.165, 1.54) is 5.56 Å². The molecule has 0 unspecified atom stereocenters. The smallest absolute Gasteiger partial charge is 0.276 e. The number of likely N-dealkylation sites (N-methyl/N-ethyl adjacent to an activating group) is 1. The first-order valence-corrected chi connectivity index (χ1v) is 9.87. The van der Waals surface area contributed by atoms with E-state index in [1.807, 2.05) is 37.4 Å². The summed E-state index contributed by atoms with van der Waals surface area (Å²) in [7, 11) is 2.04. The van der Waals surface area contributed by atoms with Crippen LogP contribution < -0.4 is 4.74 Å². The summed E-state index contributed by atoms with van der Waals surface area (Å²) in [5, 5.41) is 4.02. The van der Waals surface area contributed by atoms with Gasteiger partial charge in [0.15, 0.2) is 11.5 Å². The molecule has 150 valence electrons. The van der Waals surface area contributed by atoms with Crippen LogP contribution >= 0.6 is 0 Å². The molecule has 0 aliphatic carbocycles. The van der Waals surface area contributed by atoms with Gasteiger partial charge in [0, 0.05) is 24.7 Å². The Balaban J connectivity index is 1.35. The second kappa shape index (κ2) is 8.92. The fraction of sp³-hybridized carbons (Fsp3) is 0.304. The van der Waals surface area contributed by atoms with Gasteiger partial charge >= 0.3 is 0 Å². The molecule has 3 aromatic rings. The van der Waals surface area contributed by atoms with Crippen LogP contribution in [0.4, 0.5) is 0 Å². The lowest BCUT2D eigenvalue weighted by Crippen LogP contribution is -2.32. The Kier molecular flexibility index (Phi) is 5.91. The third-order valence-corrected chi connectivity index (χ3v) is 5.07. The lowest BCUT2D eigenvalue weighted by Gasteiger charge is -2.18. The highest BCUT2D eigenvalue weighted by molar-refractivity contribution is 5.92. The number of hydrogen-bond acceptors (Lipinski definition) is 5. The van der Waals surface area contributed by atoms with E-state index >= 15 is 0 Å². The maximum atomic E-state index is 12.9. The summed E-state index contributed by atoms with van der Waals surface area (Å²) in [6.07, 6.45) is 0.963. The Morgan fingerprint density at radius 3 is 2.79 bits per heavy atom. The van der Waals surface area contributed by atoms with E-state index < -0.39 is 0 Å². The topological polar surface area (TPSA) is 58.8 Å². The van der Waals surface area contributed by atoms with Gasteiger partial charge in [-0.1, -0.05) is 53.7 Å². The molecule has 0 spiro atoms. The fourth-order valence-electron chi connectivity index (χ4n) is 3.46. The molecule has 1 aliphatic rings. The largest absolute Gasteiger partial charge is 0.491 e. The SMILES string of the molecule is CN(CCc1ccccc1)Cc1cc(C(=O)N2CCOc3ccccc3C2)no1. The van der Waals surface area contributed by atoms with E-state index in [9.17, 15) is 4.79 Å². The van der Waals surface area contributed by atoms with Crippen molar-refractivity contribution in [2.24, 2.45) is 0 Å². The summed E-state index contributed by atoms with van der Waals surface area (Å²) < 4.78 is 11.2. The number of fused-ring (bicyclic) bond motifs is 1. The standard InChI is InChI=1S/C23H25N3O3/c1-25(12-11-18-7-3-2-4-8-18)17-20-15-21(24-29-20)23(27)26-13-14-28-22-10-6-5-9-19(22)16-26/h2-10,15H,11-14,16-17H2,1H3. The van der Waals surface area contributed by atoms with E-state index in [1.54, 1.807) is 11.0 Å². The van der Waals surface area contributed by atoms with Gasteiger partial charge in [-0.2, -0.15) is 0 Å². The summed E-state index contributed by atoms with van der Waals surface area (Å²) in [6.45, 7) is 3.00. The van der Waals surface area contributed by atoms with Crippen molar-refractivity contribution in [2.75, 3.05) is 26.7 Å². The summed E-state index contributed by atoms with van der Waals surface area (Å²) in [5.74, 6) is 1.39. The molecule has 0 atom stereocenters. The minimum absolute atomic E-state index is 0.132. The van der Waals surface area contributed by atoms with Crippen LogP contribution in [-0.2, 0) is 19.5 Å². The highest BCUT2D eigenvalue weighted by atomic mass is 16.5. The minimum atomic E-state index is -0.132. The van der Waals surface area contributed by atoms with Gasteiger partial charge < -0.3 is 14.2 Å². The number of ether oxygens (including phenoxy) is 1. The lowest BCUT2D eigenvalue weighted by molar-refractivity contribution is 0.0722. The van der Waals surface area contributed by atoms with Gasteiger partial charge in [-0.05, 0) is 25.1 Å². The predicted octanol–water partition coefficient (Wildman–Crippen LogP) is 3.38. The van der Waals surface area contributed by atoms with Crippen molar-refractivity contribution >= 4 is 5.91 Å². The monoisotopic (exact) mass is 391 g/mol. The highest BCUT2D eigenvalue weighted by Gasteiger charge is 2.23. The molecular formula is C23H25N3O3. The van der Waals surface area contributed by atoms with Crippen LogP contribution in [-0.4, -0.2) is 47.6 Å². The second-order valence-electron chi connectivity index (χ2n) is 7.33. The molecule has 0 N–H and O–H groups in total. The predicted molar refractivity (Wildman–Crippen MR) is 110 cm³/mol. The second-order valence-corrected chi connectivity index (χ2v) is 7.33.